The van der Waals surface area contributed by atoms with Gasteiger partial charge in [-0.25, -0.2) is 8.42 Å². The molecule has 0 unspecified atom stereocenters. The van der Waals surface area contributed by atoms with Crippen molar-refractivity contribution in [1.29, 1.82) is 0 Å². The van der Waals surface area contributed by atoms with Gasteiger partial charge in [0.2, 0.25) is 8.87 Å². The van der Waals surface area contributed by atoms with E-state index in [1.807, 2.05) is 37.3 Å². The number of hydrogen-bond donors (Lipinski definition) is 0. The molecule has 94 valence electrons. The summed E-state index contributed by atoms with van der Waals surface area (Å²) in [4.78, 5) is 0.364. The summed E-state index contributed by atoms with van der Waals surface area (Å²) in [6.45, 7) is 1.99. The van der Waals surface area contributed by atoms with Crippen LogP contribution in [0.5, 0.6) is 0 Å². The van der Waals surface area contributed by atoms with Gasteiger partial charge in [0, 0.05) is 5.75 Å². The summed E-state index contributed by atoms with van der Waals surface area (Å²) >= 11 is 0. The Balaban J connectivity index is 2.14. The van der Waals surface area contributed by atoms with Crippen LogP contribution in [0.2, 0.25) is 0 Å². The maximum absolute atomic E-state index is 12.1. The second-order valence-corrected chi connectivity index (χ2v) is 7.88. The molecular formula is C14H14O2S2. The molecule has 4 heteroatoms. The molecule has 2 aromatic rings. The molecular weight excluding hydrogens is 264 g/mol. The second-order valence-electron chi connectivity index (χ2n) is 3.96. The van der Waals surface area contributed by atoms with Crippen molar-refractivity contribution in [2.75, 3.05) is 0 Å². The van der Waals surface area contributed by atoms with Gasteiger partial charge in [-0.3, -0.25) is 0 Å². The van der Waals surface area contributed by atoms with E-state index in [2.05, 4.69) is 0 Å². The highest BCUT2D eigenvalue weighted by atomic mass is 33.1. The van der Waals surface area contributed by atoms with E-state index in [1.54, 1.807) is 24.3 Å². The molecule has 0 aromatic heterocycles. The van der Waals surface area contributed by atoms with Gasteiger partial charge < -0.3 is 0 Å². The van der Waals surface area contributed by atoms with Crippen molar-refractivity contribution in [1.82, 2.24) is 0 Å². The summed E-state index contributed by atoms with van der Waals surface area (Å²) < 4.78 is 24.2. The van der Waals surface area contributed by atoms with Crippen molar-refractivity contribution < 1.29 is 8.42 Å². The Morgan fingerprint density at radius 3 is 2.22 bits per heavy atom. The molecule has 0 aliphatic heterocycles. The molecule has 2 nitrogen and oxygen atoms in total. The molecule has 0 N–H and O–H groups in total. The molecule has 0 saturated carbocycles. The molecule has 0 fully saturated rings. The van der Waals surface area contributed by atoms with Gasteiger partial charge in [0.05, 0.1) is 4.90 Å². The van der Waals surface area contributed by atoms with Gasteiger partial charge in [0.15, 0.2) is 0 Å². The van der Waals surface area contributed by atoms with Crippen LogP contribution in [0.3, 0.4) is 0 Å². The van der Waals surface area contributed by atoms with Gasteiger partial charge in [-0.1, -0.05) is 42.5 Å². The maximum Gasteiger partial charge on any atom is 0.230 e. The number of rotatable bonds is 4. The molecule has 2 rings (SSSR count). The third-order valence-corrected chi connectivity index (χ3v) is 6.11. The van der Waals surface area contributed by atoms with Crippen LogP contribution in [-0.2, 0) is 14.6 Å². The quantitative estimate of drug-likeness (QED) is 0.801. The van der Waals surface area contributed by atoms with Gasteiger partial charge in [-0.2, -0.15) is 0 Å². The van der Waals surface area contributed by atoms with E-state index in [0.29, 0.717) is 10.6 Å². The van der Waals surface area contributed by atoms with E-state index >= 15 is 0 Å². The highest BCUT2D eigenvalue weighted by Crippen LogP contribution is 2.27. The third kappa shape index (κ3) is 3.15. The van der Waals surface area contributed by atoms with Crippen LogP contribution < -0.4 is 0 Å². The summed E-state index contributed by atoms with van der Waals surface area (Å²) in [5, 5.41) is 0. The first kappa shape index (κ1) is 13.2. The van der Waals surface area contributed by atoms with Crippen molar-refractivity contribution in [2.24, 2.45) is 0 Å². The third-order valence-electron chi connectivity index (χ3n) is 2.66. The molecule has 0 bridgehead atoms. The fourth-order valence-corrected chi connectivity index (χ4v) is 4.39. The summed E-state index contributed by atoms with van der Waals surface area (Å²) in [6, 6.07) is 16.4. The van der Waals surface area contributed by atoms with Crippen LogP contribution in [0.25, 0.3) is 0 Å². The van der Waals surface area contributed by atoms with Gasteiger partial charge in [-0.05, 0) is 41.0 Å². The largest absolute Gasteiger partial charge is 0.230 e. The fraction of sp³-hybridized carbons (Fsp3) is 0.143. The first-order chi connectivity index (χ1) is 8.59. The predicted molar refractivity (Wildman–Crippen MR) is 76.1 cm³/mol. The summed E-state index contributed by atoms with van der Waals surface area (Å²) in [7, 11) is -2.29. The van der Waals surface area contributed by atoms with Crippen molar-refractivity contribution in [3.05, 3.63) is 65.7 Å². The lowest BCUT2D eigenvalue weighted by atomic mass is 10.1. The highest BCUT2D eigenvalue weighted by molar-refractivity contribution is 8.71. The summed E-state index contributed by atoms with van der Waals surface area (Å²) in [6.07, 6.45) is 0. The Kier molecular flexibility index (Phi) is 4.09. The maximum atomic E-state index is 12.1. The topological polar surface area (TPSA) is 34.1 Å². The van der Waals surface area contributed by atoms with Crippen LogP contribution in [-0.4, -0.2) is 8.42 Å². The van der Waals surface area contributed by atoms with E-state index in [0.717, 1.165) is 21.9 Å². The Morgan fingerprint density at radius 2 is 1.56 bits per heavy atom. The van der Waals surface area contributed by atoms with Crippen molar-refractivity contribution in [3.63, 3.8) is 0 Å². The molecule has 0 atom stereocenters. The van der Waals surface area contributed by atoms with Gasteiger partial charge in [-0.15, -0.1) is 0 Å². The fourth-order valence-electron chi connectivity index (χ4n) is 1.57. The van der Waals surface area contributed by atoms with Gasteiger partial charge in [0.25, 0.3) is 0 Å². The number of aryl methyl sites for hydroxylation is 1. The van der Waals surface area contributed by atoms with E-state index in [1.165, 1.54) is 0 Å². The lowest BCUT2D eigenvalue weighted by Crippen LogP contribution is -1.96. The van der Waals surface area contributed by atoms with Crippen LogP contribution in [0, 0.1) is 6.92 Å². The Morgan fingerprint density at radius 1 is 0.944 bits per heavy atom. The normalized spacial score (nSPS) is 11.4. The average molecular weight is 278 g/mol. The average Bonchev–Trinajstić information content (AvgIpc) is 2.39. The molecule has 0 spiro atoms. The molecule has 0 heterocycles. The van der Waals surface area contributed by atoms with E-state index in [9.17, 15) is 8.42 Å². The molecule has 0 aliphatic rings. The van der Waals surface area contributed by atoms with Crippen LogP contribution in [0.15, 0.2) is 59.5 Å². The zero-order valence-corrected chi connectivity index (χ0v) is 11.7. The highest BCUT2D eigenvalue weighted by Gasteiger charge is 2.14. The van der Waals surface area contributed by atoms with Crippen LogP contribution >= 0.6 is 10.8 Å². The standard InChI is InChI=1S/C14H14O2S2/c1-12-7-5-6-8-13(12)11-17-18(15,16)14-9-3-2-4-10-14/h2-10H,11H2,1H3. The first-order valence-corrected chi connectivity index (χ1v) is 8.57. The smallest absolute Gasteiger partial charge is 0.212 e. The van der Waals surface area contributed by atoms with Crippen molar-refractivity contribution in [2.45, 2.75) is 17.6 Å². The van der Waals surface area contributed by atoms with E-state index < -0.39 is 8.87 Å². The molecule has 18 heavy (non-hydrogen) atoms. The number of hydrogen-bond acceptors (Lipinski definition) is 3. The second kappa shape index (κ2) is 5.59. The Labute approximate surface area is 111 Å². The minimum Gasteiger partial charge on any atom is -0.212 e. The zero-order valence-electron chi connectivity index (χ0n) is 10.0. The van der Waals surface area contributed by atoms with Gasteiger partial charge in [0.1, 0.15) is 0 Å². The van der Waals surface area contributed by atoms with Crippen LogP contribution in [0.1, 0.15) is 11.1 Å². The summed E-state index contributed by atoms with van der Waals surface area (Å²) in [5.41, 5.74) is 2.18. The van der Waals surface area contributed by atoms with Crippen molar-refractivity contribution in [3.8, 4) is 0 Å². The monoisotopic (exact) mass is 278 g/mol. The van der Waals surface area contributed by atoms with Gasteiger partial charge >= 0.3 is 0 Å². The zero-order chi connectivity index (χ0) is 13.0. The summed E-state index contributed by atoms with van der Waals surface area (Å²) in [5.74, 6) is 0.476. The molecule has 0 amide bonds. The van der Waals surface area contributed by atoms with E-state index in [4.69, 9.17) is 0 Å². The Bertz CT molecular complexity index is 619. The SMILES string of the molecule is Cc1ccccc1CSS(=O)(=O)c1ccccc1. The van der Waals surface area contributed by atoms with Crippen LogP contribution in [0.4, 0.5) is 0 Å². The Hall–Kier alpha value is -1.26. The number of benzene rings is 2. The molecule has 0 aliphatic carbocycles. The minimum absolute atomic E-state index is 0.364. The van der Waals surface area contributed by atoms with E-state index in [-0.39, 0.29) is 0 Å². The molecule has 0 radical (unpaired) electrons. The molecule has 0 saturated heterocycles. The molecule has 2 aromatic carbocycles. The predicted octanol–water partition coefficient (Wildman–Crippen LogP) is 3.62. The lowest BCUT2D eigenvalue weighted by Gasteiger charge is -2.06. The first-order valence-electron chi connectivity index (χ1n) is 5.58. The lowest BCUT2D eigenvalue weighted by molar-refractivity contribution is 0.610. The minimum atomic E-state index is -3.26. The van der Waals surface area contributed by atoms with Crippen molar-refractivity contribution >= 4 is 19.7 Å².